The van der Waals surface area contributed by atoms with Gasteiger partial charge in [-0.3, -0.25) is 0 Å². The molecule has 0 radical (unpaired) electrons. The van der Waals surface area contributed by atoms with E-state index in [-0.39, 0.29) is 0 Å². The lowest BCUT2D eigenvalue weighted by Crippen LogP contribution is -2.21. The molecule has 0 N–H and O–H groups in total. The number of hydrogen-bond acceptors (Lipinski definition) is 4. The van der Waals surface area contributed by atoms with Gasteiger partial charge in [-0.15, -0.1) is 0 Å². The molecule has 5 heteroatoms. The molecule has 104 valence electrons. The highest BCUT2D eigenvalue weighted by Gasteiger charge is 2.17. The third kappa shape index (κ3) is 3.27. The van der Waals surface area contributed by atoms with Crippen LogP contribution in [0.1, 0.15) is 15.9 Å². The topological polar surface area (TPSA) is 42.4 Å². The Morgan fingerprint density at radius 3 is 2.60 bits per heavy atom. The van der Waals surface area contributed by atoms with Crippen LogP contribution in [-0.2, 0) is 11.3 Å². The lowest BCUT2D eigenvalue weighted by Gasteiger charge is -2.20. The van der Waals surface area contributed by atoms with E-state index in [2.05, 4.69) is 4.98 Å². The molecular formula is C15H15ClN2O2. The summed E-state index contributed by atoms with van der Waals surface area (Å²) < 4.78 is 4.77. The van der Waals surface area contributed by atoms with E-state index in [0.717, 1.165) is 5.56 Å². The number of esters is 1. The Morgan fingerprint density at radius 1 is 1.25 bits per heavy atom. The summed E-state index contributed by atoms with van der Waals surface area (Å²) in [6.45, 7) is 0.623. The Kier molecular flexibility index (Phi) is 4.58. The molecule has 1 heterocycles. The molecule has 0 amide bonds. The minimum absolute atomic E-state index is 0.340. The monoisotopic (exact) mass is 290 g/mol. The van der Waals surface area contributed by atoms with Gasteiger partial charge in [-0.1, -0.05) is 41.9 Å². The van der Waals surface area contributed by atoms with Gasteiger partial charge in [-0.25, -0.2) is 9.78 Å². The normalized spacial score (nSPS) is 10.2. The van der Waals surface area contributed by atoms with Crippen LogP contribution >= 0.6 is 11.6 Å². The first kappa shape index (κ1) is 14.3. The zero-order chi connectivity index (χ0) is 14.5. The van der Waals surface area contributed by atoms with Gasteiger partial charge in [-0.05, 0) is 17.7 Å². The van der Waals surface area contributed by atoms with Crippen molar-refractivity contribution in [3.8, 4) is 0 Å². The second kappa shape index (κ2) is 6.39. The van der Waals surface area contributed by atoms with Crippen LogP contribution in [0.3, 0.4) is 0 Å². The summed E-state index contributed by atoms with van der Waals surface area (Å²) in [5.41, 5.74) is 1.52. The molecule has 0 bridgehead atoms. The van der Waals surface area contributed by atoms with Crippen molar-refractivity contribution >= 4 is 23.4 Å². The molecular weight excluding hydrogens is 276 g/mol. The van der Waals surface area contributed by atoms with Gasteiger partial charge in [-0.2, -0.15) is 0 Å². The zero-order valence-corrected chi connectivity index (χ0v) is 12.1. The Bertz CT molecular complexity index is 602. The smallest absolute Gasteiger partial charge is 0.341 e. The molecule has 20 heavy (non-hydrogen) atoms. The van der Waals surface area contributed by atoms with Gasteiger partial charge in [0.05, 0.1) is 7.11 Å². The van der Waals surface area contributed by atoms with Crippen LogP contribution in [0.4, 0.5) is 5.82 Å². The van der Waals surface area contributed by atoms with Crippen molar-refractivity contribution in [2.75, 3.05) is 19.1 Å². The van der Waals surface area contributed by atoms with E-state index < -0.39 is 5.97 Å². The molecule has 0 atom stereocenters. The Labute approximate surface area is 123 Å². The fraction of sp³-hybridized carbons (Fsp3) is 0.200. The number of halogens is 1. The first-order chi connectivity index (χ1) is 9.61. The van der Waals surface area contributed by atoms with Crippen molar-refractivity contribution < 1.29 is 9.53 Å². The van der Waals surface area contributed by atoms with E-state index in [1.54, 1.807) is 12.1 Å². The molecule has 0 spiro atoms. The molecule has 1 aromatic heterocycles. The molecule has 0 aliphatic carbocycles. The number of nitrogens with zero attached hydrogens (tertiary/aromatic N) is 2. The standard InChI is InChI=1S/C15H15ClN2O2/c1-18(10-11-6-4-3-5-7-11)14-12(15(19)20-2)8-9-13(16)17-14/h3-9H,10H2,1-2H3. The molecule has 1 aromatic carbocycles. The number of rotatable bonds is 4. The van der Waals surface area contributed by atoms with Crippen molar-refractivity contribution in [1.82, 2.24) is 4.98 Å². The second-order valence-electron chi connectivity index (χ2n) is 4.34. The van der Waals surface area contributed by atoms with Crippen molar-refractivity contribution in [1.29, 1.82) is 0 Å². The SMILES string of the molecule is COC(=O)c1ccc(Cl)nc1N(C)Cc1ccccc1. The van der Waals surface area contributed by atoms with E-state index in [1.165, 1.54) is 7.11 Å². The number of ether oxygens (including phenoxy) is 1. The Hall–Kier alpha value is -2.07. The maximum absolute atomic E-state index is 11.8. The predicted octanol–water partition coefficient (Wildman–Crippen LogP) is 3.16. The third-order valence-electron chi connectivity index (χ3n) is 2.87. The highest BCUT2D eigenvalue weighted by molar-refractivity contribution is 6.29. The third-order valence-corrected chi connectivity index (χ3v) is 3.08. The van der Waals surface area contributed by atoms with Crippen LogP contribution in [0, 0.1) is 0 Å². The van der Waals surface area contributed by atoms with Crippen LogP contribution in [0.25, 0.3) is 0 Å². The summed E-state index contributed by atoms with van der Waals surface area (Å²) in [6.07, 6.45) is 0. The number of methoxy groups -OCH3 is 1. The number of benzene rings is 1. The summed E-state index contributed by atoms with van der Waals surface area (Å²) >= 11 is 5.92. The van der Waals surface area contributed by atoms with Gasteiger partial charge in [0.2, 0.25) is 0 Å². The van der Waals surface area contributed by atoms with Gasteiger partial charge in [0.15, 0.2) is 0 Å². The van der Waals surface area contributed by atoms with Gasteiger partial charge >= 0.3 is 5.97 Å². The number of pyridine rings is 1. The number of carbonyl (C=O) groups is 1. The molecule has 2 rings (SSSR count). The van der Waals surface area contributed by atoms with Crippen molar-refractivity contribution in [3.63, 3.8) is 0 Å². The fourth-order valence-electron chi connectivity index (χ4n) is 1.92. The number of anilines is 1. The summed E-state index contributed by atoms with van der Waals surface area (Å²) in [5, 5.41) is 0.340. The Balaban J connectivity index is 2.31. The quantitative estimate of drug-likeness (QED) is 0.641. The first-order valence-corrected chi connectivity index (χ1v) is 6.49. The number of carbonyl (C=O) groups excluding carboxylic acids is 1. The van der Waals surface area contributed by atoms with E-state index in [1.807, 2.05) is 42.3 Å². The zero-order valence-electron chi connectivity index (χ0n) is 11.3. The van der Waals surface area contributed by atoms with Crippen LogP contribution in [-0.4, -0.2) is 25.1 Å². The molecule has 0 unspecified atom stereocenters. The average molecular weight is 291 g/mol. The molecule has 0 fully saturated rings. The molecule has 2 aromatic rings. The summed E-state index contributed by atoms with van der Waals surface area (Å²) in [5.74, 6) is 0.0808. The van der Waals surface area contributed by atoms with E-state index in [4.69, 9.17) is 16.3 Å². The lowest BCUT2D eigenvalue weighted by molar-refractivity contribution is 0.0601. The minimum Gasteiger partial charge on any atom is -0.465 e. The van der Waals surface area contributed by atoms with Crippen molar-refractivity contribution in [3.05, 3.63) is 58.7 Å². The van der Waals surface area contributed by atoms with E-state index in [0.29, 0.717) is 23.1 Å². The van der Waals surface area contributed by atoms with Crippen LogP contribution in [0.5, 0.6) is 0 Å². The largest absolute Gasteiger partial charge is 0.465 e. The summed E-state index contributed by atoms with van der Waals surface area (Å²) in [7, 11) is 3.20. The maximum atomic E-state index is 11.8. The van der Waals surface area contributed by atoms with Gasteiger partial charge in [0, 0.05) is 13.6 Å². The maximum Gasteiger partial charge on any atom is 0.341 e. The van der Waals surface area contributed by atoms with Gasteiger partial charge in [0.25, 0.3) is 0 Å². The minimum atomic E-state index is -0.427. The Morgan fingerprint density at radius 2 is 1.95 bits per heavy atom. The lowest BCUT2D eigenvalue weighted by atomic mass is 10.2. The summed E-state index contributed by atoms with van der Waals surface area (Å²) in [4.78, 5) is 17.9. The molecule has 0 aliphatic heterocycles. The summed E-state index contributed by atoms with van der Waals surface area (Å²) in [6, 6.07) is 13.1. The molecule has 4 nitrogen and oxygen atoms in total. The molecule has 0 saturated heterocycles. The molecule has 0 aliphatic rings. The van der Waals surface area contributed by atoms with Crippen LogP contribution < -0.4 is 4.90 Å². The van der Waals surface area contributed by atoms with Gasteiger partial charge < -0.3 is 9.64 Å². The molecule has 0 saturated carbocycles. The average Bonchev–Trinajstić information content (AvgIpc) is 2.47. The van der Waals surface area contributed by atoms with Gasteiger partial charge in [0.1, 0.15) is 16.5 Å². The van der Waals surface area contributed by atoms with E-state index in [9.17, 15) is 4.79 Å². The van der Waals surface area contributed by atoms with Crippen LogP contribution in [0.15, 0.2) is 42.5 Å². The highest BCUT2D eigenvalue weighted by Crippen LogP contribution is 2.22. The van der Waals surface area contributed by atoms with E-state index >= 15 is 0 Å². The highest BCUT2D eigenvalue weighted by atomic mass is 35.5. The van der Waals surface area contributed by atoms with Crippen molar-refractivity contribution in [2.24, 2.45) is 0 Å². The first-order valence-electron chi connectivity index (χ1n) is 6.11. The fourth-order valence-corrected chi connectivity index (χ4v) is 2.06. The predicted molar refractivity (Wildman–Crippen MR) is 79.1 cm³/mol. The second-order valence-corrected chi connectivity index (χ2v) is 4.73. The van der Waals surface area contributed by atoms with Crippen molar-refractivity contribution in [2.45, 2.75) is 6.54 Å². The van der Waals surface area contributed by atoms with Crippen LogP contribution in [0.2, 0.25) is 5.15 Å². The number of hydrogen-bond donors (Lipinski definition) is 0. The number of aromatic nitrogens is 1.